The van der Waals surface area contributed by atoms with Gasteiger partial charge in [0.2, 0.25) is 5.91 Å². The molecule has 0 aliphatic carbocycles. The van der Waals surface area contributed by atoms with E-state index >= 15 is 0 Å². The van der Waals surface area contributed by atoms with Gasteiger partial charge in [0.25, 0.3) is 11.8 Å². The smallest absolute Gasteiger partial charge is 0.279 e. The molecule has 2 aromatic carbocycles. The van der Waals surface area contributed by atoms with E-state index in [1.807, 2.05) is 30.3 Å². The number of carbonyl (C=O) groups is 3. The van der Waals surface area contributed by atoms with Gasteiger partial charge in [-0.15, -0.1) is 0 Å². The molecular formula is C23H29N4O3+. The second-order valence-corrected chi connectivity index (χ2v) is 7.42. The maximum absolute atomic E-state index is 12.4. The van der Waals surface area contributed by atoms with Crippen molar-refractivity contribution in [3.05, 3.63) is 65.7 Å². The number of piperazine rings is 1. The summed E-state index contributed by atoms with van der Waals surface area (Å²) in [6, 6.07) is 16.7. The Morgan fingerprint density at radius 3 is 2.33 bits per heavy atom. The number of nitrogens with zero attached hydrogens (tertiary/aromatic N) is 1. The fourth-order valence-corrected chi connectivity index (χ4v) is 3.58. The number of anilines is 1. The minimum Gasteiger partial charge on any atom is -0.343 e. The van der Waals surface area contributed by atoms with E-state index in [2.05, 4.69) is 17.6 Å². The summed E-state index contributed by atoms with van der Waals surface area (Å²) < 4.78 is 0. The van der Waals surface area contributed by atoms with Crippen LogP contribution in [0.3, 0.4) is 0 Å². The van der Waals surface area contributed by atoms with Gasteiger partial charge in [-0.05, 0) is 30.2 Å². The Morgan fingerprint density at radius 2 is 1.63 bits per heavy atom. The van der Waals surface area contributed by atoms with Crippen molar-refractivity contribution < 1.29 is 19.3 Å². The molecule has 158 valence electrons. The zero-order chi connectivity index (χ0) is 21.3. The third-order valence-corrected chi connectivity index (χ3v) is 5.34. The summed E-state index contributed by atoms with van der Waals surface area (Å²) in [4.78, 5) is 39.8. The normalized spacial score (nSPS) is 14.2. The molecule has 0 saturated carbocycles. The Morgan fingerprint density at radius 1 is 0.967 bits per heavy atom. The van der Waals surface area contributed by atoms with Crippen molar-refractivity contribution in [2.75, 3.05) is 44.6 Å². The molecule has 0 bridgehead atoms. The van der Waals surface area contributed by atoms with Crippen LogP contribution in [0.2, 0.25) is 0 Å². The first-order chi connectivity index (χ1) is 14.6. The number of hydrogen-bond acceptors (Lipinski definition) is 3. The van der Waals surface area contributed by atoms with Crippen LogP contribution in [-0.2, 0) is 16.0 Å². The van der Waals surface area contributed by atoms with Gasteiger partial charge in [0.05, 0.1) is 32.7 Å². The van der Waals surface area contributed by atoms with E-state index in [0.717, 1.165) is 22.6 Å². The van der Waals surface area contributed by atoms with Crippen LogP contribution in [0, 0.1) is 0 Å². The van der Waals surface area contributed by atoms with E-state index < -0.39 is 0 Å². The van der Waals surface area contributed by atoms with E-state index in [0.29, 0.717) is 38.3 Å². The molecule has 7 nitrogen and oxygen atoms in total. The Balaban J connectivity index is 1.40. The standard InChI is InChI=1S/C23H28N4O3/c1-2-18-8-6-7-11-20(18)25-21(28)17-26-12-14-27(15-13-26)22(29)16-24-23(30)19-9-4-3-5-10-19/h3-11H,2,12-17H2,1H3,(H,24,30)(H,25,28)/p+1. The number of rotatable bonds is 7. The van der Waals surface area contributed by atoms with Crippen LogP contribution in [0.25, 0.3) is 0 Å². The highest BCUT2D eigenvalue weighted by atomic mass is 16.2. The van der Waals surface area contributed by atoms with Gasteiger partial charge < -0.3 is 20.4 Å². The van der Waals surface area contributed by atoms with Gasteiger partial charge in [0, 0.05) is 11.3 Å². The van der Waals surface area contributed by atoms with Gasteiger partial charge >= 0.3 is 0 Å². The molecule has 3 rings (SSSR count). The third kappa shape index (κ3) is 5.90. The van der Waals surface area contributed by atoms with Crippen LogP contribution in [0.1, 0.15) is 22.8 Å². The van der Waals surface area contributed by atoms with Crippen molar-refractivity contribution in [3.8, 4) is 0 Å². The highest BCUT2D eigenvalue weighted by Crippen LogP contribution is 2.14. The largest absolute Gasteiger partial charge is 0.343 e. The molecule has 0 radical (unpaired) electrons. The maximum Gasteiger partial charge on any atom is 0.279 e. The number of quaternary nitrogens is 1. The fourth-order valence-electron chi connectivity index (χ4n) is 3.58. The van der Waals surface area contributed by atoms with E-state index in [9.17, 15) is 14.4 Å². The monoisotopic (exact) mass is 409 g/mol. The lowest BCUT2D eigenvalue weighted by Gasteiger charge is -2.32. The predicted molar refractivity (Wildman–Crippen MR) is 115 cm³/mol. The van der Waals surface area contributed by atoms with Crippen molar-refractivity contribution in [1.29, 1.82) is 0 Å². The summed E-state index contributed by atoms with van der Waals surface area (Å²) in [5.74, 6) is -0.363. The van der Waals surface area contributed by atoms with Crippen LogP contribution in [-0.4, -0.2) is 61.9 Å². The lowest BCUT2D eigenvalue weighted by Crippen LogP contribution is -3.15. The lowest BCUT2D eigenvalue weighted by atomic mass is 10.1. The van der Waals surface area contributed by atoms with Crippen LogP contribution in [0.4, 0.5) is 5.69 Å². The van der Waals surface area contributed by atoms with Gasteiger partial charge in [-0.2, -0.15) is 0 Å². The minimum absolute atomic E-state index is 0.0131. The van der Waals surface area contributed by atoms with E-state index in [1.165, 1.54) is 0 Å². The predicted octanol–water partition coefficient (Wildman–Crippen LogP) is 0.345. The quantitative estimate of drug-likeness (QED) is 0.617. The highest BCUT2D eigenvalue weighted by molar-refractivity contribution is 5.96. The highest BCUT2D eigenvalue weighted by Gasteiger charge is 2.25. The first-order valence-electron chi connectivity index (χ1n) is 10.4. The molecule has 1 fully saturated rings. The molecule has 30 heavy (non-hydrogen) atoms. The van der Waals surface area contributed by atoms with Gasteiger partial charge in [-0.25, -0.2) is 0 Å². The molecule has 3 amide bonds. The minimum atomic E-state index is -0.253. The summed E-state index contributed by atoms with van der Waals surface area (Å²) in [7, 11) is 0. The number of aryl methyl sites for hydroxylation is 1. The number of hydrogen-bond donors (Lipinski definition) is 3. The second-order valence-electron chi connectivity index (χ2n) is 7.42. The fraction of sp³-hybridized carbons (Fsp3) is 0.348. The van der Waals surface area contributed by atoms with Gasteiger partial charge in [0.1, 0.15) is 0 Å². The van der Waals surface area contributed by atoms with E-state index in [1.54, 1.807) is 29.2 Å². The van der Waals surface area contributed by atoms with E-state index in [4.69, 9.17) is 0 Å². The van der Waals surface area contributed by atoms with Crippen LogP contribution < -0.4 is 15.5 Å². The summed E-state index contributed by atoms with van der Waals surface area (Å²) in [6.07, 6.45) is 0.866. The molecule has 2 aromatic rings. The topological polar surface area (TPSA) is 82.9 Å². The molecule has 0 spiro atoms. The number of benzene rings is 2. The van der Waals surface area contributed by atoms with E-state index in [-0.39, 0.29) is 24.3 Å². The van der Waals surface area contributed by atoms with Gasteiger partial charge in [-0.3, -0.25) is 14.4 Å². The summed E-state index contributed by atoms with van der Waals surface area (Å²) >= 11 is 0. The average Bonchev–Trinajstić information content (AvgIpc) is 2.78. The number of carbonyl (C=O) groups excluding carboxylic acids is 3. The third-order valence-electron chi connectivity index (χ3n) is 5.34. The van der Waals surface area contributed by atoms with Gasteiger partial charge in [-0.1, -0.05) is 43.3 Å². The Kier molecular flexibility index (Phi) is 7.57. The van der Waals surface area contributed by atoms with Crippen LogP contribution >= 0.6 is 0 Å². The first-order valence-corrected chi connectivity index (χ1v) is 10.4. The number of para-hydroxylation sites is 1. The van der Waals surface area contributed by atoms with Gasteiger partial charge in [0.15, 0.2) is 6.54 Å². The molecule has 1 aliphatic rings. The van der Waals surface area contributed by atoms with Crippen molar-refractivity contribution in [3.63, 3.8) is 0 Å². The molecule has 0 atom stereocenters. The molecule has 7 heteroatoms. The maximum atomic E-state index is 12.4. The Bertz CT molecular complexity index is 877. The molecule has 0 aromatic heterocycles. The molecule has 1 saturated heterocycles. The second kappa shape index (κ2) is 10.5. The van der Waals surface area contributed by atoms with Crippen molar-refractivity contribution in [2.24, 2.45) is 0 Å². The molecule has 1 aliphatic heterocycles. The Labute approximate surface area is 177 Å². The summed E-state index contributed by atoms with van der Waals surface area (Å²) in [5, 5.41) is 5.68. The molecule has 3 N–H and O–H groups in total. The lowest BCUT2D eigenvalue weighted by molar-refractivity contribution is -0.895. The van der Waals surface area contributed by atoms with Crippen LogP contribution in [0.5, 0.6) is 0 Å². The molecular weight excluding hydrogens is 380 g/mol. The van der Waals surface area contributed by atoms with Crippen molar-refractivity contribution in [1.82, 2.24) is 10.2 Å². The zero-order valence-corrected chi connectivity index (χ0v) is 17.3. The van der Waals surface area contributed by atoms with Crippen molar-refractivity contribution >= 4 is 23.4 Å². The van der Waals surface area contributed by atoms with Crippen molar-refractivity contribution in [2.45, 2.75) is 13.3 Å². The summed E-state index contributed by atoms with van der Waals surface area (Å²) in [6.45, 7) is 5.00. The summed E-state index contributed by atoms with van der Waals surface area (Å²) in [5.41, 5.74) is 2.52. The molecule has 0 unspecified atom stereocenters. The Hall–Kier alpha value is -3.19. The number of nitrogens with one attached hydrogen (secondary N) is 3. The SMILES string of the molecule is CCc1ccccc1NC(=O)C[NH+]1CCN(C(=O)CNC(=O)c2ccccc2)CC1. The number of amides is 3. The van der Waals surface area contributed by atoms with Crippen LogP contribution in [0.15, 0.2) is 54.6 Å². The zero-order valence-electron chi connectivity index (χ0n) is 17.3. The molecule has 1 heterocycles. The average molecular weight is 410 g/mol. The first kappa shape index (κ1) is 21.5.